The summed E-state index contributed by atoms with van der Waals surface area (Å²) < 4.78 is 0. The van der Waals surface area contributed by atoms with Crippen LogP contribution in [-0.4, -0.2) is 23.2 Å². The number of carbonyl (C=O) groups excluding carboxylic acids is 1. The Morgan fingerprint density at radius 2 is 2.00 bits per heavy atom. The highest BCUT2D eigenvalue weighted by molar-refractivity contribution is 5.93. The predicted molar refractivity (Wildman–Crippen MR) is 52.0 cm³/mol. The molecule has 2 N–H and O–H groups in total. The summed E-state index contributed by atoms with van der Waals surface area (Å²) in [7, 11) is 0. The number of nitrogens with one attached hydrogen (secondary N) is 1. The molecule has 0 saturated heterocycles. The topological polar surface area (TPSA) is 49.3 Å². The van der Waals surface area contributed by atoms with Crippen molar-refractivity contribution < 1.29 is 9.90 Å². The maximum atomic E-state index is 10.9. The molecular formula is C10H17NO2. The number of aliphatic hydroxyl groups is 1. The van der Waals surface area contributed by atoms with Crippen molar-refractivity contribution in [3.05, 3.63) is 0 Å². The van der Waals surface area contributed by atoms with Gasteiger partial charge < -0.3 is 10.4 Å². The van der Waals surface area contributed by atoms with Crippen molar-refractivity contribution in [2.24, 2.45) is 0 Å². The number of amides is 1. The summed E-state index contributed by atoms with van der Waals surface area (Å²) in [5.74, 6) is 4.52. The molecule has 0 saturated carbocycles. The van der Waals surface area contributed by atoms with E-state index in [4.69, 9.17) is 0 Å². The molecule has 0 heterocycles. The van der Waals surface area contributed by atoms with Crippen LogP contribution in [0.15, 0.2) is 0 Å². The van der Waals surface area contributed by atoms with Crippen molar-refractivity contribution in [2.45, 2.75) is 39.2 Å². The first-order valence-corrected chi connectivity index (χ1v) is 4.51. The lowest BCUT2D eigenvalue weighted by atomic mass is 9.98. The van der Waals surface area contributed by atoms with E-state index in [0.29, 0.717) is 12.8 Å². The molecule has 13 heavy (non-hydrogen) atoms. The quantitative estimate of drug-likeness (QED) is 0.630. The average molecular weight is 183 g/mol. The van der Waals surface area contributed by atoms with Gasteiger partial charge in [-0.3, -0.25) is 4.79 Å². The number of hydrogen-bond donors (Lipinski definition) is 2. The molecule has 0 aromatic carbocycles. The molecule has 0 unspecified atom stereocenters. The van der Waals surface area contributed by atoms with Crippen LogP contribution in [0.4, 0.5) is 0 Å². The molecule has 0 bridgehead atoms. The van der Waals surface area contributed by atoms with Crippen LogP contribution in [0.25, 0.3) is 0 Å². The smallest absolute Gasteiger partial charge is 0.295 e. The molecule has 0 aromatic heterocycles. The first-order valence-electron chi connectivity index (χ1n) is 4.51. The summed E-state index contributed by atoms with van der Waals surface area (Å²) in [6, 6.07) is 0. The van der Waals surface area contributed by atoms with E-state index in [1.807, 2.05) is 13.8 Å². The third-order valence-corrected chi connectivity index (χ3v) is 2.13. The minimum atomic E-state index is -0.787. The summed E-state index contributed by atoms with van der Waals surface area (Å²) in [5, 5.41) is 12.3. The lowest BCUT2D eigenvalue weighted by Gasteiger charge is -2.24. The Labute approximate surface area is 79.5 Å². The first kappa shape index (κ1) is 12.0. The summed E-state index contributed by atoms with van der Waals surface area (Å²) in [5.41, 5.74) is -0.787. The molecule has 0 fully saturated rings. The zero-order chi connectivity index (χ0) is 10.3. The molecule has 0 spiro atoms. The highest BCUT2D eigenvalue weighted by Gasteiger charge is 2.22. The van der Waals surface area contributed by atoms with E-state index < -0.39 is 5.60 Å². The fourth-order valence-electron chi connectivity index (χ4n) is 0.903. The molecule has 1 amide bonds. The van der Waals surface area contributed by atoms with Crippen LogP contribution < -0.4 is 5.32 Å². The van der Waals surface area contributed by atoms with Crippen LogP contribution in [0, 0.1) is 11.8 Å². The largest absolute Gasteiger partial charge is 0.388 e. The van der Waals surface area contributed by atoms with Gasteiger partial charge in [0, 0.05) is 6.54 Å². The highest BCUT2D eigenvalue weighted by Crippen LogP contribution is 2.12. The summed E-state index contributed by atoms with van der Waals surface area (Å²) in [6.07, 6.45) is 1.26. The van der Waals surface area contributed by atoms with E-state index in [1.54, 1.807) is 6.92 Å². The highest BCUT2D eigenvalue weighted by atomic mass is 16.3. The maximum absolute atomic E-state index is 10.9. The van der Waals surface area contributed by atoms with Gasteiger partial charge in [-0.2, -0.15) is 0 Å². The SMILES string of the molecule is CC#CC(=O)NCC(O)(CC)CC. The molecule has 0 radical (unpaired) electrons. The van der Waals surface area contributed by atoms with E-state index in [0.717, 1.165) is 0 Å². The summed E-state index contributed by atoms with van der Waals surface area (Å²) >= 11 is 0. The Balaban J connectivity index is 3.97. The second-order valence-corrected chi connectivity index (χ2v) is 2.99. The molecule has 74 valence electrons. The van der Waals surface area contributed by atoms with Crippen molar-refractivity contribution in [3.8, 4) is 11.8 Å². The second-order valence-electron chi connectivity index (χ2n) is 2.99. The van der Waals surface area contributed by atoms with Crippen molar-refractivity contribution in [1.82, 2.24) is 5.32 Å². The Kier molecular flexibility index (Phi) is 5.17. The van der Waals surface area contributed by atoms with Crippen molar-refractivity contribution in [2.75, 3.05) is 6.54 Å². The molecule has 0 aromatic rings. The average Bonchev–Trinajstić information content (AvgIpc) is 2.15. The monoisotopic (exact) mass is 183 g/mol. The van der Waals surface area contributed by atoms with Crippen molar-refractivity contribution in [3.63, 3.8) is 0 Å². The Morgan fingerprint density at radius 1 is 1.46 bits per heavy atom. The standard InChI is InChI=1S/C10H17NO2/c1-4-7-9(12)11-8-10(13,5-2)6-3/h13H,5-6,8H2,1-3H3,(H,11,12). The molecule has 0 aliphatic carbocycles. The number of carbonyl (C=O) groups is 1. The molecule has 0 rings (SSSR count). The van der Waals surface area contributed by atoms with Crippen LogP contribution >= 0.6 is 0 Å². The maximum Gasteiger partial charge on any atom is 0.295 e. The van der Waals surface area contributed by atoms with Crippen molar-refractivity contribution >= 4 is 5.91 Å². The van der Waals surface area contributed by atoms with Gasteiger partial charge in [-0.25, -0.2) is 0 Å². The third kappa shape index (κ3) is 4.54. The van der Waals surface area contributed by atoms with Gasteiger partial charge in [0.1, 0.15) is 0 Å². The van der Waals surface area contributed by atoms with E-state index in [9.17, 15) is 9.90 Å². The van der Waals surface area contributed by atoms with Crippen LogP contribution in [0.2, 0.25) is 0 Å². The zero-order valence-electron chi connectivity index (χ0n) is 8.48. The van der Waals surface area contributed by atoms with Crippen LogP contribution in [0.1, 0.15) is 33.6 Å². The molecule has 3 heteroatoms. The summed E-state index contributed by atoms with van der Waals surface area (Å²) in [4.78, 5) is 10.9. The van der Waals surface area contributed by atoms with Gasteiger partial charge in [-0.15, -0.1) is 0 Å². The normalized spacial score (nSPS) is 10.2. The van der Waals surface area contributed by atoms with Crippen LogP contribution in [-0.2, 0) is 4.79 Å². The van der Waals surface area contributed by atoms with Gasteiger partial charge in [0.15, 0.2) is 0 Å². The fraction of sp³-hybridized carbons (Fsp3) is 0.700. The minimum Gasteiger partial charge on any atom is -0.388 e. The van der Waals surface area contributed by atoms with Crippen molar-refractivity contribution in [1.29, 1.82) is 0 Å². The van der Waals surface area contributed by atoms with Crippen LogP contribution in [0.3, 0.4) is 0 Å². The molecule has 0 atom stereocenters. The van der Waals surface area contributed by atoms with Gasteiger partial charge in [-0.1, -0.05) is 19.8 Å². The first-order chi connectivity index (χ1) is 6.08. The van der Waals surface area contributed by atoms with Gasteiger partial charge in [0.25, 0.3) is 5.91 Å². The van der Waals surface area contributed by atoms with E-state index >= 15 is 0 Å². The fourth-order valence-corrected chi connectivity index (χ4v) is 0.903. The lowest BCUT2D eigenvalue weighted by molar-refractivity contribution is -0.117. The lowest BCUT2D eigenvalue weighted by Crippen LogP contribution is -2.41. The van der Waals surface area contributed by atoms with Gasteiger partial charge >= 0.3 is 0 Å². The second kappa shape index (κ2) is 5.60. The van der Waals surface area contributed by atoms with Gasteiger partial charge in [0.05, 0.1) is 5.60 Å². The Hall–Kier alpha value is -1.01. The number of hydrogen-bond acceptors (Lipinski definition) is 2. The van der Waals surface area contributed by atoms with E-state index in [-0.39, 0.29) is 12.5 Å². The van der Waals surface area contributed by atoms with E-state index in [1.165, 1.54) is 0 Å². The molecule has 3 nitrogen and oxygen atoms in total. The van der Waals surface area contributed by atoms with Crippen LogP contribution in [0.5, 0.6) is 0 Å². The number of rotatable bonds is 4. The van der Waals surface area contributed by atoms with Gasteiger partial charge in [-0.05, 0) is 25.7 Å². The third-order valence-electron chi connectivity index (χ3n) is 2.13. The predicted octanol–water partition coefficient (Wildman–Crippen LogP) is 0.677. The Morgan fingerprint density at radius 3 is 2.38 bits per heavy atom. The van der Waals surface area contributed by atoms with Gasteiger partial charge in [0.2, 0.25) is 0 Å². The van der Waals surface area contributed by atoms with E-state index in [2.05, 4.69) is 17.2 Å². The Bertz CT molecular complexity index is 221. The molecule has 0 aliphatic rings. The minimum absolute atomic E-state index is 0.271. The molecule has 0 aliphatic heterocycles. The molecular weight excluding hydrogens is 166 g/mol. The zero-order valence-corrected chi connectivity index (χ0v) is 8.48. The summed E-state index contributed by atoms with van der Waals surface area (Å²) in [6.45, 7) is 5.65.